The molecule has 3 nitrogen and oxygen atoms in total. The fourth-order valence-corrected chi connectivity index (χ4v) is 3.98. The number of aromatic amines is 1. The van der Waals surface area contributed by atoms with E-state index >= 15 is 0 Å². The zero-order chi connectivity index (χ0) is 14.3. The molecule has 3 N–H and O–H groups in total. The molecular weight excluding hydrogens is 248 g/mol. The van der Waals surface area contributed by atoms with Crippen LogP contribution in [0.4, 0.5) is 0 Å². The minimum absolute atomic E-state index is 0.154. The molecule has 3 heteroatoms. The van der Waals surface area contributed by atoms with Crippen LogP contribution < -0.4 is 10.5 Å². The second kappa shape index (κ2) is 4.81. The molecule has 0 unspecified atom stereocenters. The van der Waals surface area contributed by atoms with E-state index < -0.39 is 0 Å². The lowest BCUT2D eigenvalue weighted by Gasteiger charge is -2.28. The summed E-state index contributed by atoms with van der Waals surface area (Å²) >= 11 is 0. The van der Waals surface area contributed by atoms with Gasteiger partial charge in [-0.15, -0.1) is 0 Å². The summed E-state index contributed by atoms with van der Waals surface area (Å²) in [6, 6.07) is 4.36. The molecule has 108 valence electrons. The van der Waals surface area contributed by atoms with Gasteiger partial charge < -0.3 is 15.5 Å². The summed E-state index contributed by atoms with van der Waals surface area (Å²) in [6.07, 6.45) is 4.97. The first-order valence-electron chi connectivity index (χ1n) is 7.49. The van der Waals surface area contributed by atoms with Gasteiger partial charge in [0.15, 0.2) is 0 Å². The van der Waals surface area contributed by atoms with E-state index in [-0.39, 0.29) is 5.41 Å². The lowest BCUT2D eigenvalue weighted by Crippen LogP contribution is -2.32. The SMILES string of the molecule is COc1cc(C)cc2c(C3(CN)CCCC3)c(C)[nH]c12. The van der Waals surface area contributed by atoms with Crippen molar-refractivity contribution >= 4 is 10.9 Å². The number of aromatic nitrogens is 1. The third-order valence-corrected chi connectivity index (χ3v) is 4.90. The van der Waals surface area contributed by atoms with E-state index in [9.17, 15) is 0 Å². The van der Waals surface area contributed by atoms with Crippen LogP contribution in [-0.2, 0) is 5.41 Å². The minimum Gasteiger partial charge on any atom is -0.495 e. The highest BCUT2D eigenvalue weighted by atomic mass is 16.5. The van der Waals surface area contributed by atoms with Crippen molar-refractivity contribution in [2.45, 2.75) is 44.9 Å². The maximum absolute atomic E-state index is 6.18. The Morgan fingerprint density at radius 1 is 1.25 bits per heavy atom. The van der Waals surface area contributed by atoms with E-state index in [0.717, 1.165) is 17.8 Å². The van der Waals surface area contributed by atoms with Crippen LogP contribution in [0.3, 0.4) is 0 Å². The smallest absolute Gasteiger partial charge is 0.143 e. The largest absolute Gasteiger partial charge is 0.495 e. The van der Waals surface area contributed by atoms with Crippen molar-refractivity contribution in [2.24, 2.45) is 5.73 Å². The van der Waals surface area contributed by atoms with E-state index in [1.165, 1.54) is 47.9 Å². The minimum atomic E-state index is 0.154. The molecule has 20 heavy (non-hydrogen) atoms. The van der Waals surface area contributed by atoms with Gasteiger partial charge in [-0.05, 0) is 49.9 Å². The van der Waals surface area contributed by atoms with Crippen LogP contribution in [0.2, 0.25) is 0 Å². The topological polar surface area (TPSA) is 51.0 Å². The third-order valence-electron chi connectivity index (χ3n) is 4.90. The molecule has 1 aromatic carbocycles. The number of hydrogen-bond donors (Lipinski definition) is 2. The molecule has 1 heterocycles. The molecule has 0 bridgehead atoms. The molecule has 1 fully saturated rings. The van der Waals surface area contributed by atoms with Crippen molar-refractivity contribution in [1.82, 2.24) is 4.98 Å². The van der Waals surface area contributed by atoms with Crippen LogP contribution in [0, 0.1) is 13.8 Å². The molecule has 1 saturated carbocycles. The normalized spacial score (nSPS) is 17.8. The van der Waals surface area contributed by atoms with Crippen molar-refractivity contribution in [1.29, 1.82) is 0 Å². The van der Waals surface area contributed by atoms with Gasteiger partial charge in [-0.3, -0.25) is 0 Å². The van der Waals surface area contributed by atoms with Gasteiger partial charge >= 0.3 is 0 Å². The van der Waals surface area contributed by atoms with Crippen LogP contribution in [0.5, 0.6) is 5.75 Å². The summed E-state index contributed by atoms with van der Waals surface area (Å²) in [5, 5.41) is 1.30. The Bertz CT molecular complexity index is 636. The van der Waals surface area contributed by atoms with E-state index in [4.69, 9.17) is 10.5 Å². The van der Waals surface area contributed by atoms with Gasteiger partial charge in [-0.1, -0.05) is 12.8 Å². The first-order valence-corrected chi connectivity index (χ1v) is 7.49. The van der Waals surface area contributed by atoms with E-state index in [0.29, 0.717) is 0 Å². The van der Waals surface area contributed by atoms with Crippen LogP contribution in [-0.4, -0.2) is 18.6 Å². The molecule has 0 atom stereocenters. The van der Waals surface area contributed by atoms with Gasteiger partial charge in [-0.25, -0.2) is 0 Å². The number of rotatable bonds is 3. The second-order valence-corrected chi connectivity index (χ2v) is 6.21. The van der Waals surface area contributed by atoms with Crippen molar-refractivity contribution in [3.05, 3.63) is 29.0 Å². The summed E-state index contributed by atoms with van der Waals surface area (Å²) in [5.74, 6) is 0.930. The Morgan fingerprint density at radius 2 is 1.95 bits per heavy atom. The van der Waals surface area contributed by atoms with Crippen LogP contribution in [0.15, 0.2) is 12.1 Å². The first-order chi connectivity index (χ1) is 9.61. The molecule has 1 aromatic heterocycles. The maximum Gasteiger partial charge on any atom is 0.143 e. The fraction of sp³-hybridized carbons (Fsp3) is 0.529. The number of nitrogens with one attached hydrogen (secondary N) is 1. The summed E-state index contributed by atoms with van der Waals surface area (Å²) in [7, 11) is 1.73. The molecule has 0 radical (unpaired) electrons. The lowest BCUT2D eigenvalue weighted by molar-refractivity contribution is 0.418. The first kappa shape index (κ1) is 13.5. The predicted octanol–water partition coefficient (Wildman–Crippen LogP) is 3.56. The Hall–Kier alpha value is -1.48. The number of fused-ring (bicyclic) bond motifs is 1. The molecule has 0 amide bonds. The highest BCUT2D eigenvalue weighted by Gasteiger charge is 2.37. The van der Waals surface area contributed by atoms with Crippen molar-refractivity contribution < 1.29 is 4.74 Å². The third kappa shape index (κ3) is 1.84. The standard InChI is InChI=1S/C17H24N2O/c1-11-8-13-15(17(10-18)6-4-5-7-17)12(2)19-16(13)14(9-11)20-3/h8-9,19H,4-7,10,18H2,1-3H3. The summed E-state index contributed by atoms with van der Waals surface area (Å²) < 4.78 is 5.54. The number of ether oxygens (including phenoxy) is 1. The number of H-pyrrole nitrogens is 1. The van der Waals surface area contributed by atoms with E-state index in [1.54, 1.807) is 7.11 Å². The molecule has 1 aliphatic rings. The summed E-state index contributed by atoms with van der Waals surface area (Å²) in [6.45, 7) is 5.02. The second-order valence-electron chi connectivity index (χ2n) is 6.21. The monoisotopic (exact) mass is 272 g/mol. The van der Waals surface area contributed by atoms with Gasteiger partial charge in [0.1, 0.15) is 5.75 Å². The van der Waals surface area contributed by atoms with E-state index in [2.05, 4.69) is 31.0 Å². The van der Waals surface area contributed by atoms with Crippen LogP contribution >= 0.6 is 0 Å². The number of hydrogen-bond acceptors (Lipinski definition) is 2. The maximum atomic E-state index is 6.18. The average molecular weight is 272 g/mol. The average Bonchev–Trinajstić information content (AvgIpc) is 3.02. The highest BCUT2D eigenvalue weighted by molar-refractivity contribution is 5.91. The number of aryl methyl sites for hydroxylation is 2. The van der Waals surface area contributed by atoms with Crippen LogP contribution in [0.25, 0.3) is 10.9 Å². The fourth-order valence-electron chi connectivity index (χ4n) is 3.98. The Balaban J connectivity index is 2.30. The Labute approximate surface area is 120 Å². The predicted molar refractivity (Wildman–Crippen MR) is 83.5 cm³/mol. The summed E-state index contributed by atoms with van der Waals surface area (Å²) in [5.41, 5.74) is 11.4. The zero-order valence-corrected chi connectivity index (χ0v) is 12.7. The zero-order valence-electron chi connectivity index (χ0n) is 12.7. The number of methoxy groups -OCH3 is 1. The number of benzene rings is 1. The molecule has 1 aliphatic carbocycles. The molecular formula is C17H24N2O. The Morgan fingerprint density at radius 3 is 2.55 bits per heavy atom. The van der Waals surface area contributed by atoms with Gasteiger partial charge in [0, 0.05) is 23.0 Å². The van der Waals surface area contributed by atoms with Crippen molar-refractivity contribution in [3.8, 4) is 5.75 Å². The lowest BCUT2D eigenvalue weighted by atomic mass is 9.77. The van der Waals surface area contributed by atoms with Gasteiger partial charge in [0.2, 0.25) is 0 Å². The molecule has 0 saturated heterocycles. The quantitative estimate of drug-likeness (QED) is 0.897. The van der Waals surface area contributed by atoms with Crippen LogP contribution in [0.1, 0.15) is 42.5 Å². The van der Waals surface area contributed by atoms with Crippen molar-refractivity contribution in [3.63, 3.8) is 0 Å². The molecule has 0 aliphatic heterocycles. The molecule has 2 aromatic rings. The van der Waals surface area contributed by atoms with Gasteiger partial charge in [0.05, 0.1) is 12.6 Å². The van der Waals surface area contributed by atoms with Gasteiger partial charge in [0.25, 0.3) is 0 Å². The van der Waals surface area contributed by atoms with Crippen molar-refractivity contribution in [2.75, 3.05) is 13.7 Å². The summed E-state index contributed by atoms with van der Waals surface area (Å²) in [4.78, 5) is 3.53. The van der Waals surface area contributed by atoms with Gasteiger partial charge in [-0.2, -0.15) is 0 Å². The molecule has 3 rings (SSSR count). The molecule has 0 spiro atoms. The number of nitrogens with two attached hydrogens (primary N) is 1. The van der Waals surface area contributed by atoms with E-state index in [1.807, 2.05) is 0 Å². The highest BCUT2D eigenvalue weighted by Crippen LogP contribution is 2.46. The Kier molecular flexibility index (Phi) is 3.25.